The van der Waals surface area contributed by atoms with Gasteiger partial charge in [-0.3, -0.25) is 4.79 Å². The van der Waals surface area contributed by atoms with Crippen LogP contribution in [0.2, 0.25) is 0 Å². The molecular formula is C16H17N3O. The number of rotatable bonds is 4. The fourth-order valence-electron chi connectivity index (χ4n) is 2.60. The van der Waals surface area contributed by atoms with Crippen molar-refractivity contribution in [2.75, 3.05) is 0 Å². The Balaban J connectivity index is 2.63. The zero-order chi connectivity index (χ0) is 14.6. The molecule has 1 aromatic carbocycles. The molecule has 0 saturated carbocycles. The number of aromatic nitrogens is 2. The molecule has 0 aliphatic carbocycles. The van der Waals surface area contributed by atoms with E-state index in [4.69, 9.17) is 5.26 Å². The Bertz CT molecular complexity index is 679. The van der Waals surface area contributed by atoms with Crippen LogP contribution in [0.5, 0.6) is 0 Å². The first-order chi connectivity index (χ1) is 9.67. The van der Waals surface area contributed by atoms with Crippen LogP contribution < -0.4 is 5.56 Å². The molecule has 4 heteroatoms. The predicted octanol–water partition coefficient (Wildman–Crippen LogP) is 2.75. The molecule has 0 spiro atoms. The van der Waals surface area contributed by atoms with E-state index in [2.05, 4.69) is 23.8 Å². The lowest BCUT2D eigenvalue weighted by Gasteiger charge is -2.31. The molecule has 4 nitrogen and oxygen atoms in total. The molecule has 1 N–H and O–H groups in total. The van der Waals surface area contributed by atoms with E-state index >= 15 is 0 Å². The Morgan fingerprint density at radius 1 is 1.25 bits per heavy atom. The minimum Gasteiger partial charge on any atom is -0.309 e. The van der Waals surface area contributed by atoms with Crippen LogP contribution >= 0.6 is 0 Å². The van der Waals surface area contributed by atoms with Crippen molar-refractivity contribution < 1.29 is 0 Å². The lowest BCUT2D eigenvalue weighted by atomic mass is 9.75. The van der Waals surface area contributed by atoms with Crippen molar-refractivity contribution in [1.82, 2.24) is 9.97 Å². The molecule has 0 aliphatic rings. The molecule has 0 amide bonds. The number of nitrogens with one attached hydrogen (secondary N) is 1. The van der Waals surface area contributed by atoms with Crippen LogP contribution in [-0.2, 0) is 5.41 Å². The number of nitriles is 1. The molecule has 0 bridgehead atoms. The molecular weight excluding hydrogens is 250 g/mol. The van der Waals surface area contributed by atoms with Gasteiger partial charge >= 0.3 is 0 Å². The van der Waals surface area contributed by atoms with Crippen LogP contribution in [0.15, 0.2) is 41.3 Å². The van der Waals surface area contributed by atoms with Crippen molar-refractivity contribution in [1.29, 1.82) is 5.26 Å². The highest BCUT2D eigenvalue weighted by atomic mass is 16.1. The van der Waals surface area contributed by atoms with Crippen molar-refractivity contribution in [2.45, 2.75) is 32.1 Å². The van der Waals surface area contributed by atoms with E-state index in [1.165, 1.54) is 6.20 Å². The summed E-state index contributed by atoms with van der Waals surface area (Å²) >= 11 is 0. The third kappa shape index (κ3) is 2.23. The Hall–Kier alpha value is -2.41. The van der Waals surface area contributed by atoms with Crippen LogP contribution in [-0.4, -0.2) is 9.97 Å². The lowest BCUT2D eigenvalue weighted by molar-refractivity contribution is 0.447. The molecule has 0 aliphatic heterocycles. The molecule has 0 unspecified atom stereocenters. The van der Waals surface area contributed by atoms with Crippen molar-refractivity contribution >= 4 is 0 Å². The first kappa shape index (κ1) is 14.0. The summed E-state index contributed by atoms with van der Waals surface area (Å²) in [6.07, 6.45) is 3.00. The summed E-state index contributed by atoms with van der Waals surface area (Å²) in [5, 5.41) is 8.83. The Morgan fingerprint density at radius 2 is 1.90 bits per heavy atom. The highest BCUT2D eigenvalue weighted by Gasteiger charge is 2.33. The van der Waals surface area contributed by atoms with E-state index in [0.29, 0.717) is 5.82 Å². The van der Waals surface area contributed by atoms with Gasteiger partial charge in [-0.25, -0.2) is 4.98 Å². The SMILES string of the molecule is CCC(CC)(c1ccccc1)c1ncc(C#N)c(=O)[nH]1. The maximum atomic E-state index is 11.9. The summed E-state index contributed by atoms with van der Waals surface area (Å²) < 4.78 is 0. The Labute approximate surface area is 118 Å². The van der Waals surface area contributed by atoms with Gasteiger partial charge in [-0.2, -0.15) is 5.26 Å². The smallest absolute Gasteiger partial charge is 0.268 e. The fraction of sp³-hybridized carbons (Fsp3) is 0.312. The van der Waals surface area contributed by atoms with Crippen molar-refractivity contribution in [3.8, 4) is 6.07 Å². The summed E-state index contributed by atoms with van der Waals surface area (Å²) in [6, 6.07) is 11.9. The average molecular weight is 267 g/mol. The van der Waals surface area contributed by atoms with E-state index in [9.17, 15) is 4.79 Å². The van der Waals surface area contributed by atoms with E-state index in [1.807, 2.05) is 36.4 Å². The zero-order valence-electron chi connectivity index (χ0n) is 11.7. The predicted molar refractivity (Wildman–Crippen MR) is 77.4 cm³/mol. The van der Waals surface area contributed by atoms with Crippen LogP contribution in [0.1, 0.15) is 43.6 Å². The second kappa shape index (κ2) is 5.70. The molecule has 1 heterocycles. The van der Waals surface area contributed by atoms with Gasteiger partial charge in [-0.05, 0) is 18.4 Å². The number of hydrogen-bond acceptors (Lipinski definition) is 3. The third-order valence-electron chi connectivity index (χ3n) is 3.91. The van der Waals surface area contributed by atoms with Gasteiger partial charge in [0.2, 0.25) is 0 Å². The van der Waals surface area contributed by atoms with Crippen LogP contribution in [0.3, 0.4) is 0 Å². The molecule has 2 rings (SSSR count). The van der Waals surface area contributed by atoms with Gasteiger partial charge in [-0.15, -0.1) is 0 Å². The van der Waals surface area contributed by atoms with E-state index in [1.54, 1.807) is 0 Å². The van der Waals surface area contributed by atoms with E-state index < -0.39 is 0 Å². The molecule has 0 fully saturated rings. The number of aromatic amines is 1. The fourth-order valence-corrected chi connectivity index (χ4v) is 2.60. The van der Waals surface area contributed by atoms with E-state index in [0.717, 1.165) is 18.4 Å². The first-order valence-corrected chi connectivity index (χ1v) is 6.73. The van der Waals surface area contributed by atoms with Crippen molar-refractivity contribution in [2.24, 2.45) is 0 Å². The zero-order valence-corrected chi connectivity index (χ0v) is 11.7. The molecule has 102 valence electrons. The average Bonchev–Trinajstić information content (AvgIpc) is 2.50. The number of nitrogens with zero attached hydrogens (tertiary/aromatic N) is 2. The maximum absolute atomic E-state index is 11.9. The molecule has 0 atom stereocenters. The number of hydrogen-bond donors (Lipinski definition) is 1. The Morgan fingerprint density at radius 3 is 2.40 bits per heavy atom. The van der Waals surface area contributed by atoms with Crippen LogP contribution in [0, 0.1) is 11.3 Å². The second-order valence-electron chi connectivity index (χ2n) is 4.74. The lowest BCUT2D eigenvalue weighted by Crippen LogP contribution is -2.31. The summed E-state index contributed by atoms with van der Waals surface area (Å²) in [6.45, 7) is 4.16. The standard InChI is InChI=1S/C16H17N3O/c1-3-16(4-2,13-8-6-5-7-9-13)15-18-11-12(10-17)14(20)19-15/h5-9,11H,3-4H2,1-2H3,(H,18,19,20). The van der Waals surface area contributed by atoms with Gasteiger partial charge in [0.15, 0.2) is 0 Å². The minimum absolute atomic E-state index is 0.0444. The minimum atomic E-state index is -0.375. The quantitative estimate of drug-likeness (QED) is 0.926. The largest absolute Gasteiger partial charge is 0.309 e. The van der Waals surface area contributed by atoms with Gasteiger partial charge in [0.1, 0.15) is 17.5 Å². The summed E-state index contributed by atoms with van der Waals surface area (Å²) in [5.41, 5.74) is 0.467. The maximum Gasteiger partial charge on any atom is 0.268 e. The van der Waals surface area contributed by atoms with Crippen LogP contribution in [0.4, 0.5) is 0 Å². The van der Waals surface area contributed by atoms with Gasteiger partial charge < -0.3 is 4.98 Å². The Kier molecular flexibility index (Phi) is 3.99. The molecule has 2 aromatic rings. The van der Waals surface area contributed by atoms with Gasteiger partial charge in [0.05, 0.1) is 11.6 Å². The first-order valence-electron chi connectivity index (χ1n) is 6.73. The normalized spacial score (nSPS) is 11.1. The third-order valence-corrected chi connectivity index (χ3v) is 3.91. The number of H-pyrrole nitrogens is 1. The topological polar surface area (TPSA) is 69.5 Å². The molecule has 1 aromatic heterocycles. The molecule has 0 radical (unpaired) electrons. The summed E-state index contributed by atoms with van der Waals surface area (Å²) in [7, 11) is 0. The highest BCUT2D eigenvalue weighted by Crippen LogP contribution is 2.36. The van der Waals surface area contributed by atoms with Crippen molar-refractivity contribution in [3.63, 3.8) is 0 Å². The highest BCUT2D eigenvalue weighted by molar-refractivity contribution is 5.33. The monoisotopic (exact) mass is 267 g/mol. The van der Waals surface area contributed by atoms with Gasteiger partial charge in [0, 0.05) is 0 Å². The van der Waals surface area contributed by atoms with Gasteiger partial charge in [0.25, 0.3) is 5.56 Å². The second-order valence-corrected chi connectivity index (χ2v) is 4.74. The summed E-state index contributed by atoms with van der Waals surface area (Å²) in [5.74, 6) is 0.623. The summed E-state index contributed by atoms with van der Waals surface area (Å²) in [4.78, 5) is 19.0. The number of benzene rings is 1. The van der Waals surface area contributed by atoms with Crippen molar-refractivity contribution in [3.05, 3.63) is 63.8 Å². The molecule has 20 heavy (non-hydrogen) atoms. The van der Waals surface area contributed by atoms with Crippen LogP contribution in [0.25, 0.3) is 0 Å². The molecule has 0 saturated heterocycles. The van der Waals surface area contributed by atoms with E-state index in [-0.39, 0.29) is 16.5 Å². The van der Waals surface area contributed by atoms with Gasteiger partial charge in [-0.1, -0.05) is 44.2 Å².